The first-order chi connectivity index (χ1) is 18.8. The molecule has 2 rings (SSSR count). The molecule has 1 aliphatic carbocycles. The molecule has 5 nitrogen and oxygen atoms in total. The van der Waals surface area contributed by atoms with Gasteiger partial charge in [0.25, 0.3) is 0 Å². The van der Waals surface area contributed by atoms with E-state index in [0.29, 0.717) is 6.42 Å². The summed E-state index contributed by atoms with van der Waals surface area (Å²) in [7, 11) is -0.584. The molecule has 0 N–H and O–H groups in total. The van der Waals surface area contributed by atoms with Gasteiger partial charge in [0.05, 0.1) is 13.2 Å². The molecule has 0 aromatic heterocycles. The molecule has 0 radical (unpaired) electrons. The van der Waals surface area contributed by atoms with Crippen LogP contribution in [0.3, 0.4) is 0 Å². The maximum atomic E-state index is 11.8. The summed E-state index contributed by atoms with van der Waals surface area (Å²) in [5, 5.41) is 0.123. The Morgan fingerprint density at radius 1 is 1.10 bits per heavy atom. The fourth-order valence-corrected chi connectivity index (χ4v) is 7.11. The van der Waals surface area contributed by atoms with Gasteiger partial charge in [-0.15, -0.1) is 11.6 Å². The highest BCUT2D eigenvalue weighted by Gasteiger charge is 2.48. The summed E-state index contributed by atoms with van der Waals surface area (Å²) in [6.07, 6.45) is 12.1. The summed E-state index contributed by atoms with van der Waals surface area (Å²) < 4.78 is 17.5. The molecule has 0 spiro atoms. The molecule has 226 valence electrons. The molecule has 1 saturated carbocycles. The quantitative estimate of drug-likeness (QED) is 0.0667. The topological polar surface area (TPSA) is 61.8 Å². The molecule has 0 aliphatic heterocycles. The van der Waals surface area contributed by atoms with E-state index in [1.54, 1.807) is 0 Å². The predicted octanol–water partition coefficient (Wildman–Crippen LogP) is 9.26. The molecule has 1 aromatic carbocycles. The van der Waals surface area contributed by atoms with Gasteiger partial charge in [-0.2, -0.15) is 0 Å². The number of hydrogen-bond donors (Lipinski definition) is 0. The first kappa shape index (κ1) is 34.6. The van der Waals surface area contributed by atoms with Gasteiger partial charge in [-0.25, -0.2) is 0 Å². The van der Waals surface area contributed by atoms with Crippen molar-refractivity contribution in [2.45, 2.75) is 134 Å². The molecular formula is C33H53ClO5Si. The Bertz CT molecular complexity index is 953. The number of hydrogen-bond acceptors (Lipinski definition) is 5. The van der Waals surface area contributed by atoms with Crippen LogP contribution in [0.5, 0.6) is 0 Å². The van der Waals surface area contributed by atoms with E-state index in [2.05, 4.69) is 77.2 Å². The van der Waals surface area contributed by atoms with Gasteiger partial charge in [-0.3, -0.25) is 9.59 Å². The number of esters is 2. The molecule has 0 heterocycles. The van der Waals surface area contributed by atoms with E-state index in [1.165, 1.54) is 19.6 Å². The van der Waals surface area contributed by atoms with Crippen LogP contribution in [0, 0.1) is 5.92 Å². The van der Waals surface area contributed by atoms with E-state index in [-0.39, 0.29) is 46.4 Å². The molecular weight excluding hydrogens is 540 g/mol. The van der Waals surface area contributed by atoms with Crippen molar-refractivity contribution in [1.82, 2.24) is 0 Å². The Balaban J connectivity index is 2.29. The number of rotatable bonds is 15. The number of halogens is 1. The second kappa shape index (κ2) is 16.1. The molecule has 5 atom stereocenters. The molecule has 7 heteroatoms. The van der Waals surface area contributed by atoms with Crippen LogP contribution in [0.2, 0.25) is 18.1 Å². The highest BCUT2D eigenvalue weighted by molar-refractivity contribution is 6.74. The normalized spacial score (nSPS) is 22.4. The molecule has 1 aromatic rings. The van der Waals surface area contributed by atoms with E-state index in [0.717, 1.165) is 56.9 Å². The number of methoxy groups -OCH3 is 1. The van der Waals surface area contributed by atoms with E-state index in [4.69, 9.17) is 25.5 Å². The van der Waals surface area contributed by atoms with Gasteiger partial charge < -0.3 is 13.9 Å². The number of unbranched alkanes of at least 4 members (excludes halogenated alkanes) is 3. The second-order valence-electron chi connectivity index (χ2n) is 12.8. The molecule has 1 aliphatic rings. The number of allylic oxidation sites excluding steroid dienone is 2. The zero-order valence-corrected chi connectivity index (χ0v) is 27.9. The number of carbonyl (C=O) groups excluding carboxylic acids is 2. The van der Waals surface area contributed by atoms with Gasteiger partial charge in [0.2, 0.25) is 0 Å². The van der Waals surface area contributed by atoms with Gasteiger partial charge in [-0.1, -0.05) is 77.0 Å². The van der Waals surface area contributed by atoms with Crippen molar-refractivity contribution >= 4 is 31.9 Å². The van der Waals surface area contributed by atoms with Crippen molar-refractivity contribution in [2.75, 3.05) is 7.11 Å². The molecule has 0 saturated heterocycles. The Morgan fingerprint density at radius 2 is 1.77 bits per heavy atom. The Kier molecular flexibility index (Phi) is 13.9. The molecule has 40 heavy (non-hydrogen) atoms. The van der Waals surface area contributed by atoms with Crippen LogP contribution in [0.25, 0.3) is 0 Å². The third-order valence-corrected chi connectivity index (χ3v) is 13.7. The summed E-state index contributed by atoms with van der Waals surface area (Å²) in [6, 6.07) is 8.64. The first-order valence-electron chi connectivity index (χ1n) is 15.1. The van der Waals surface area contributed by atoms with Crippen LogP contribution in [0.4, 0.5) is 0 Å². The summed E-state index contributed by atoms with van der Waals surface area (Å²) in [6.45, 7) is 15.1. The number of benzene rings is 1. The first-order valence-corrected chi connectivity index (χ1v) is 18.5. The van der Waals surface area contributed by atoms with Crippen molar-refractivity contribution in [1.29, 1.82) is 0 Å². The smallest absolute Gasteiger partial charge is 0.305 e. The summed E-state index contributed by atoms with van der Waals surface area (Å²) >= 11 is 7.05. The van der Waals surface area contributed by atoms with Crippen molar-refractivity contribution in [3.8, 4) is 0 Å². The van der Waals surface area contributed by atoms with Gasteiger partial charge in [0.15, 0.2) is 8.32 Å². The van der Waals surface area contributed by atoms with E-state index in [1.807, 2.05) is 0 Å². The largest absolute Gasteiger partial charge is 0.469 e. The number of carbonyl (C=O) groups is 2. The standard InChI is InChI=1S/C33H53ClO5Si/c1-9-10-13-17-29(38-24(2)35)25-19-21-26(22-20-25)32-27(16-14-11-12-15-18-31(36)37-6)28(34)23-30(32)39-40(7,8)33(3,4)5/h11,14,19-22,27-30,32H,9-10,12-13,15-18,23H2,1-8H3/b14-11-/t27-,28+,29?,30+,32+/m0/s1. The van der Waals surface area contributed by atoms with Crippen LogP contribution < -0.4 is 0 Å². The lowest BCUT2D eigenvalue weighted by Gasteiger charge is -2.40. The predicted molar refractivity (Wildman–Crippen MR) is 167 cm³/mol. The van der Waals surface area contributed by atoms with Crippen molar-refractivity contribution in [3.05, 3.63) is 47.5 Å². The fraction of sp³-hybridized carbons (Fsp3) is 0.697. The van der Waals surface area contributed by atoms with Gasteiger partial charge in [0.1, 0.15) is 6.10 Å². The van der Waals surface area contributed by atoms with Crippen LogP contribution in [-0.2, 0) is 23.5 Å². The van der Waals surface area contributed by atoms with Gasteiger partial charge in [0, 0.05) is 24.6 Å². The Morgan fingerprint density at radius 3 is 2.35 bits per heavy atom. The van der Waals surface area contributed by atoms with Crippen molar-refractivity contribution < 1.29 is 23.5 Å². The number of ether oxygens (including phenoxy) is 2. The summed E-state index contributed by atoms with van der Waals surface area (Å²) in [4.78, 5) is 23.2. The zero-order chi connectivity index (χ0) is 29.9. The molecule has 0 bridgehead atoms. The van der Waals surface area contributed by atoms with Crippen molar-refractivity contribution in [3.63, 3.8) is 0 Å². The Hall–Kier alpha value is -1.63. The third-order valence-electron chi connectivity index (χ3n) is 8.66. The van der Waals surface area contributed by atoms with E-state index in [9.17, 15) is 9.59 Å². The van der Waals surface area contributed by atoms with Crippen LogP contribution in [0.1, 0.15) is 116 Å². The van der Waals surface area contributed by atoms with Crippen LogP contribution in [-0.4, -0.2) is 38.8 Å². The van der Waals surface area contributed by atoms with Crippen LogP contribution >= 0.6 is 11.6 Å². The number of alkyl halides is 1. The highest BCUT2D eigenvalue weighted by atomic mass is 35.5. The molecule has 1 fully saturated rings. The lowest BCUT2D eigenvalue weighted by Crippen LogP contribution is -2.44. The fourth-order valence-electron chi connectivity index (χ4n) is 5.32. The minimum Gasteiger partial charge on any atom is -0.469 e. The minimum absolute atomic E-state index is 0.0157. The van der Waals surface area contributed by atoms with E-state index < -0.39 is 8.32 Å². The molecule has 1 unspecified atom stereocenters. The minimum atomic E-state index is -2.01. The third kappa shape index (κ3) is 10.3. The maximum Gasteiger partial charge on any atom is 0.305 e. The van der Waals surface area contributed by atoms with Crippen molar-refractivity contribution in [2.24, 2.45) is 5.92 Å². The average molecular weight is 593 g/mol. The van der Waals surface area contributed by atoms with Gasteiger partial charge >= 0.3 is 11.9 Å². The molecule has 0 amide bonds. The van der Waals surface area contributed by atoms with Gasteiger partial charge in [-0.05, 0) is 73.7 Å². The van der Waals surface area contributed by atoms with E-state index >= 15 is 0 Å². The highest BCUT2D eigenvalue weighted by Crippen LogP contribution is 2.49. The SMILES string of the molecule is CCCCCC(OC(C)=O)c1ccc([C@@H]2[C@@H](C/C=C\CCCC(=O)OC)[C@H](Cl)C[C@H]2O[Si](C)(C)C(C)(C)C)cc1. The maximum absolute atomic E-state index is 11.8. The monoisotopic (exact) mass is 592 g/mol. The Labute approximate surface area is 249 Å². The lowest BCUT2D eigenvalue weighted by atomic mass is 9.84. The van der Waals surface area contributed by atoms with Crippen LogP contribution in [0.15, 0.2) is 36.4 Å². The second-order valence-corrected chi connectivity index (χ2v) is 18.1. The lowest BCUT2D eigenvalue weighted by molar-refractivity contribution is -0.147. The average Bonchev–Trinajstić information content (AvgIpc) is 3.18. The summed E-state index contributed by atoms with van der Waals surface area (Å²) in [5.41, 5.74) is 2.27. The summed E-state index contributed by atoms with van der Waals surface area (Å²) in [5.74, 6) is 0.0127. The zero-order valence-electron chi connectivity index (χ0n) is 26.1.